The number of benzene rings is 1. The van der Waals surface area contributed by atoms with Crippen LogP contribution in [0.1, 0.15) is 11.4 Å². The number of aromatic nitrogens is 3. The number of aryl methyl sites for hydroxylation is 1. The van der Waals surface area contributed by atoms with Crippen LogP contribution in [0.3, 0.4) is 0 Å². The molecule has 0 amide bonds. The van der Waals surface area contributed by atoms with E-state index in [1.165, 1.54) is 0 Å². The first-order valence-electron chi connectivity index (χ1n) is 5.21. The van der Waals surface area contributed by atoms with Gasteiger partial charge in [0.05, 0.1) is 12.5 Å². The van der Waals surface area contributed by atoms with Crippen molar-refractivity contribution in [3.63, 3.8) is 0 Å². The fraction of sp³-hybridized carbons (Fsp3) is 0.250. The quantitative estimate of drug-likeness (QED) is 0.794. The van der Waals surface area contributed by atoms with Crippen molar-refractivity contribution in [3.05, 3.63) is 42.0 Å². The summed E-state index contributed by atoms with van der Waals surface area (Å²) >= 11 is 0. The Kier molecular flexibility index (Phi) is 3.36. The molecule has 1 heterocycles. The van der Waals surface area contributed by atoms with Gasteiger partial charge < -0.3 is 9.30 Å². The summed E-state index contributed by atoms with van der Waals surface area (Å²) < 4.78 is 7.37. The topological polar surface area (TPSA) is 63.7 Å². The Morgan fingerprint density at radius 3 is 2.71 bits per heavy atom. The van der Waals surface area contributed by atoms with Crippen molar-refractivity contribution in [2.75, 3.05) is 0 Å². The summed E-state index contributed by atoms with van der Waals surface area (Å²) in [6.45, 7) is 0.383. The molecule has 0 fully saturated rings. The van der Waals surface area contributed by atoms with Gasteiger partial charge in [-0.1, -0.05) is 12.1 Å². The zero-order chi connectivity index (χ0) is 12.1. The van der Waals surface area contributed by atoms with Crippen LogP contribution >= 0.6 is 0 Å². The Morgan fingerprint density at radius 2 is 2.12 bits per heavy atom. The summed E-state index contributed by atoms with van der Waals surface area (Å²) in [5.41, 5.74) is 0.985. The van der Waals surface area contributed by atoms with Crippen molar-refractivity contribution >= 4 is 0 Å². The Labute approximate surface area is 99.3 Å². The molecule has 0 saturated heterocycles. The van der Waals surface area contributed by atoms with Gasteiger partial charge in [-0.05, 0) is 17.7 Å². The smallest absolute Gasteiger partial charge is 0.170 e. The standard InChI is InChI=1S/C12H12N4O/c1-16-9-14-15-12(16)8-17-11-4-2-10(3-5-11)6-7-13/h2-5,9H,6,8H2,1H3. The van der Waals surface area contributed by atoms with Crippen LogP contribution in [-0.4, -0.2) is 14.8 Å². The minimum Gasteiger partial charge on any atom is -0.486 e. The zero-order valence-electron chi connectivity index (χ0n) is 9.50. The van der Waals surface area contributed by atoms with E-state index in [9.17, 15) is 0 Å². The van der Waals surface area contributed by atoms with Gasteiger partial charge in [0, 0.05) is 7.05 Å². The van der Waals surface area contributed by atoms with E-state index in [2.05, 4.69) is 16.3 Å². The molecule has 5 heteroatoms. The predicted molar refractivity (Wildman–Crippen MR) is 61.1 cm³/mol. The van der Waals surface area contributed by atoms with Crippen LogP contribution in [-0.2, 0) is 20.1 Å². The molecule has 0 bridgehead atoms. The van der Waals surface area contributed by atoms with Crippen LogP contribution in [0.2, 0.25) is 0 Å². The highest BCUT2D eigenvalue weighted by Gasteiger charge is 2.01. The monoisotopic (exact) mass is 228 g/mol. The third kappa shape index (κ3) is 2.82. The summed E-state index contributed by atoms with van der Waals surface area (Å²) in [6, 6.07) is 9.57. The third-order valence-electron chi connectivity index (χ3n) is 2.38. The summed E-state index contributed by atoms with van der Waals surface area (Å²) in [5, 5.41) is 16.2. The van der Waals surface area contributed by atoms with Gasteiger partial charge in [0.25, 0.3) is 0 Å². The van der Waals surface area contributed by atoms with Crippen molar-refractivity contribution in [3.8, 4) is 11.8 Å². The highest BCUT2D eigenvalue weighted by atomic mass is 16.5. The second-order valence-corrected chi connectivity index (χ2v) is 3.63. The molecule has 0 aliphatic rings. The van der Waals surface area contributed by atoms with Crippen molar-refractivity contribution < 1.29 is 4.74 Å². The molecule has 0 spiro atoms. The van der Waals surface area contributed by atoms with Gasteiger partial charge in [0.15, 0.2) is 5.82 Å². The van der Waals surface area contributed by atoms with E-state index in [0.29, 0.717) is 13.0 Å². The van der Waals surface area contributed by atoms with Crippen molar-refractivity contribution in [2.45, 2.75) is 13.0 Å². The molecule has 2 aromatic rings. The number of ether oxygens (including phenoxy) is 1. The van der Waals surface area contributed by atoms with Gasteiger partial charge in [-0.3, -0.25) is 0 Å². The lowest BCUT2D eigenvalue weighted by atomic mass is 10.2. The first kappa shape index (κ1) is 11.1. The van der Waals surface area contributed by atoms with Crippen LogP contribution in [0.25, 0.3) is 0 Å². The van der Waals surface area contributed by atoms with E-state index < -0.39 is 0 Å². The second kappa shape index (κ2) is 5.12. The number of nitrogens with zero attached hydrogens (tertiary/aromatic N) is 4. The van der Waals surface area contributed by atoms with Crippen LogP contribution in [0, 0.1) is 11.3 Å². The van der Waals surface area contributed by atoms with Crippen molar-refractivity contribution in [1.82, 2.24) is 14.8 Å². The molecule has 0 atom stereocenters. The van der Waals surface area contributed by atoms with Gasteiger partial charge in [0.2, 0.25) is 0 Å². The minimum absolute atomic E-state index is 0.383. The van der Waals surface area contributed by atoms with E-state index in [1.54, 1.807) is 6.33 Å². The molecule has 0 N–H and O–H groups in total. The molecule has 86 valence electrons. The Bertz CT molecular complexity index is 524. The Hall–Kier alpha value is -2.35. The maximum atomic E-state index is 8.55. The molecule has 0 aliphatic heterocycles. The molecule has 0 aliphatic carbocycles. The summed E-state index contributed by atoms with van der Waals surface area (Å²) in [6.07, 6.45) is 2.05. The molecular formula is C12H12N4O. The van der Waals surface area contributed by atoms with E-state index in [0.717, 1.165) is 17.1 Å². The number of rotatable bonds is 4. The van der Waals surface area contributed by atoms with E-state index >= 15 is 0 Å². The molecule has 0 saturated carbocycles. The molecule has 2 rings (SSSR count). The fourth-order valence-electron chi connectivity index (χ4n) is 1.38. The highest BCUT2D eigenvalue weighted by molar-refractivity contribution is 5.28. The van der Waals surface area contributed by atoms with Gasteiger partial charge in [-0.15, -0.1) is 10.2 Å². The number of hydrogen-bond acceptors (Lipinski definition) is 4. The van der Waals surface area contributed by atoms with Crippen LogP contribution in [0.5, 0.6) is 5.75 Å². The largest absolute Gasteiger partial charge is 0.486 e. The van der Waals surface area contributed by atoms with Crippen LogP contribution in [0.15, 0.2) is 30.6 Å². The molecule has 5 nitrogen and oxygen atoms in total. The minimum atomic E-state index is 0.383. The molecule has 0 radical (unpaired) electrons. The van der Waals surface area contributed by atoms with Gasteiger partial charge >= 0.3 is 0 Å². The molecule has 0 unspecified atom stereocenters. The SMILES string of the molecule is Cn1cnnc1COc1ccc(CC#N)cc1. The molecule has 1 aromatic carbocycles. The van der Waals surface area contributed by atoms with Crippen LogP contribution < -0.4 is 4.74 Å². The molecular weight excluding hydrogens is 216 g/mol. The Balaban J connectivity index is 1.96. The number of hydrogen-bond donors (Lipinski definition) is 0. The average molecular weight is 228 g/mol. The molecule has 17 heavy (non-hydrogen) atoms. The first-order chi connectivity index (χ1) is 8.29. The van der Waals surface area contributed by atoms with E-state index in [-0.39, 0.29) is 0 Å². The van der Waals surface area contributed by atoms with Crippen molar-refractivity contribution in [2.24, 2.45) is 7.05 Å². The lowest BCUT2D eigenvalue weighted by Gasteiger charge is -2.05. The predicted octanol–water partition coefficient (Wildman–Crippen LogP) is 1.46. The van der Waals surface area contributed by atoms with Gasteiger partial charge in [-0.25, -0.2) is 0 Å². The second-order valence-electron chi connectivity index (χ2n) is 3.63. The highest BCUT2D eigenvalue weighted by Crippen LogP contribution is 2.13. The lowest BCUT2D eigenvalue weighted by molar-refractivity contribution is 0.291. The summed E-state index contributed by atoms with van der Waals surface area (Å²) in [4.78, 5) is 0. The fourth-order valence-corrected chi connectivity index (χ4v) is 1.38. The van der Waals surface area contributed by atoms with Gasteiger partial charge in [-0.2, -0.15) is 5.26 Å². The summed E-state index contributed by atoms with van der Waals surface area (Å²) in [7, 11) is 1.87. The normalized spacial score (nSPS) is 9.88. The van der Waals surface area contributed by atoms with Gasteiger partial charge in [0.1, 0.15) is 18.7 Å². The first-order valence-corrected chi connectivity index (χ1v) is 5.21. The lowest BCUT2D eigenvalue weighted by Crippen LogP contribution is -2.02. The Morgan fingerprint density at radius 1 is 1.35 bits per heavy atom. The third-order valence-corrected chi connectivity index (χ3v) is 2.38. The van der Waals surface area contributed by atoms with E-state index in [4.69, 9.17) is 10.00 Å². The molecule has 1 aromatic heterocycles. The average Bonchev–Trinajstić information content (AvgIpc) is 2.75. The zero-order valence-corrected chi connectivity index (χ0v) is 9.50. The van der Waals surface area contributed by atoms with E-state index in [1.807, 2.05) is 35.9 Å². The maximum absolute atomic E-state index is 8.55. The number of nitriles is 1. The maximum Gasteiger partial charge on any atom is 0.170 e. The van der Waals surface area contributed by atoms with Crippen LogP contribution in [0.4, 0.5) is 0 Å². The van der Waals surface area contributed by atoms with Crippen molar-refractivity contribution in [1.29, 1.82) is 5.26 Å². The summed E-state index contributed by atoms with van der Waals surface area (Å²) in [5.74, 6) is 1.53.